The SMILES string of the molecule is CC/C=C\C/C=C\C/C=C\C/C=C\C/C=C\C/C=C\C/C=C\C/C=C\C/C=C\C/C=C\CCCCCCCCCCCCC(=O)NC(COP(=O)([O-])OCC[N+](C)(C)C)C(O)/C=C/CC/C=C/CCCCCCCCCCCCCCCCCCCCCCC. The van der Waals surface area contributed by atoms with Crippen LogP contribution in [-0.4, -0.2) is 68.5 Å². The molecule has 0 aliphatic heterocycles. The first-order valence-corrected chi connectivity index (χ1v) is 38.7. The number of likely N-dealkylation sites (N-methyl/N-ethyl adjacent to an activating group) is 1. The lowest BCUT2D eigenvalue weighted by Crippen LogP contribution is -2.45. The van der Waals surface area contributed by atoms with Gasteiger partial charge in [0.25, 0.3) is 7.82 Å². The smallest absolute Gasteiger partial charge is 0.268 e. The summed E-state index contributed by atoms with van der Waals surface area (Å²) in [5, 5.41) is 14.0. The summed E-state index contributed by atoms with van der Waals surface area (Å²) < 4.78 is 23.5. The highest BCUT2D eigenvalue weighted by molar-refractivity contribution is 7.45. The third-order valence-corrected chi connectivity index (χ3v) is 17.0. The highest BCUT2D eigenvalue weighted by Gasteiger charge is 2.23. The first-order valence-electron chi connectivity index (χ1n) is 37.2. The predicted octanol–water partition coefficient (Wildman–Crippen LogP) is 23.7. The van der Waals surface area contributed by atoms with Crippen LogP contribution in [0.5, 0.6) is 0 Å². The number of aliphatic hydroxyl groups excluding tert-OH is 1. The Kier molecular flexibility index (Phi) is 66.9. The van der Waals surface area contributed by atoms with E-state index in [4.69, 9.17) is 9.05 Å². The zero-order valence-electron chi connectivity index (χ0n) is 59.0. The molecule has 0 aromatic heterocycles. The molecule has 0 aliphatic carbocycles. The first-order chi connectivity index (χ1) is 44.0. The van der Waals surface area contributed by atoms with Crippen LogP contribution in [0.1, 0.15) is 309 Å². The Hall–Kier alpha value is -3.62. The van der Waals surface area contributed by atoms with E-state index in [1.54, 1.807) is 6.08 Å². The number of phosphoric acid groups is 1. The van der Waals surface area contributed by atoms with Crippen molar-refractivity contribution in [2.24, 2.45) is 0 Å². The minimum atomic E-state index is -4.62. The molecule has 2 N–H and O–H groups in total. The van der Waals surface area contributed by atoms with E-state index in [2.05, 4.69) is 153 Å². The topological polar surface area (TPSA) is 108 Å². The average Bonchev–Trinajstić information content (AvgIpc) is 3.09. The van der Waals surface area contributed by atoms with Crippen molar-refractivity contribution in [3.05, 3.63) is 146 Å². The van der Waals surface area contributed by atoms with Gasteiger partial charge in [-0.3, -0.25) is 9.36 Å². The zero-order chi connectivity index (χ0) is 65.5. The fraction of sp³-hybridized carbons (Fsp3) is 0.691. The molecule has 9 heteroatoms. The number of phosphoric ester groups is 1. The van der Waals surface area contributed by atoms with E-state index < -0.39 is 26.6 Å². The van der Waals surface area contributed by atoms with Gasteiger partial charge in [0.05, 0.1) is 39.9 Å². The fourth-order valence-corrected chi connectivity index (χ4v) is 11.0. The van der Waals surface area contributed by atoms with Gasteiger partial charge in [0, 0.05) is 6.42 Å². The lowest BCUT2D eigenvalue weighted by Gasteiger charge is -2.29. The van der Waals surface area contributed by atoms with E-state index in [0.29, 0.717) is 17.4 Å². The van der Waals surface area contributed by atoms with Crippen LogP contribution in [0, 0.1) is 0 Å². The number of rotatable bonds is 67. The average molecular weight is 1270 g/mol. The highest BCUT2D eigenvalue weighted by atomic mass is 31.2. The van der Waals surface area contributed by atoms with E-state index >= 15 is 0 Å². The lowest BCUT2D eigenvalue weighted by molar-refractivity contribution is -0.870. The Bertz CT molecular complexity index is 1980. The number of unbranched alkanes of at least 4 members (excludes halogenated alkanes) is 32. The van der Waals surface area contributed by atoms with Gasteiger partial charge >= 0.3 is 0 Å². The highest BCUT2D eigenvalue weighted by Crippen LogP contribution is 2.38. The summed E-state index contributed by atoms with van der Waals surface area (Å²) in [6.45, 7) is 4.53. The minimum Gasteiger partial charge on any atom is -0.756 e. The molecular weight excluding hydrogens is 1130 g/mol. The second-order valence-corrected chi connectivity index (χ2v) is 27.3. The van der Waals surface area contributed by atoms with Gasteiger partial charge < -0.3 is 28.8 Å². The largest absolute Gasteiger partial charge is 0.756 e. The number of carbonyl (C=O) groups is 1. The number of carbonyl (C=O) groups excluding carboxylic acids is 1. The Balaban J connectivity index is 4.13. The molecule has 0 saturated carbocycles. The molecule has 0 aromatic rings. The van der Waals surface area contributed by atoms with Crippen molar-refractivity contribution in [3.63, 3.8) is 0 Å². The van der Waals surface area contributed by atoms with Gasteiger partial charge in [-0.05, 0) is 109 Å². The number of hydrogen-bond donors (Lipinski definition) is 2. The third kappa shape index (κ3) is 71.8. The minimum absolute atomic E-state index is 0.0133. The van der Waals surface area contributed by atoms with Crippen LogP contribution < -0.4 is 10.2 Å². The van der Waals surface area contributed by atoms with Crippen molar-refractivity contribution in [2.45, 2.75) is 321 Å². The van der Waals surface area contributed by atoms with Crippen LogP contribution in [0.15, 0.2) is 146 Å². The quantitative estimate of drug-likeness (QED) is 0.0272. The van der Waals surface area contributed by atoms with Crippen molar-refractivity contribution in [2.75, 3.05) is 40.9 Å². The maximum absolute atomic E-state index is 13.1. The van der Waals surface area contributed by atoms with Gasteiger partial charge in [-0.1, -0.05) is 339 Å². The van der Waals surface area contributed by atoms with E-state index in [1.165, 1.54) is 173 Å². The summed E-state index contributed by atoms with van der Waals surface area (Å²) in [5.74, 6) is -0.214. The Morgan fingerprint density at radius 3 is 1.03 bits per heavy atom. The summed E-state index contributed by atoms with van der Waals surface area (Å²) in [6.07, 6.45) is 107. The summed E-state index contributed by atoms with van der Waals surface area (Å²) in [5.41, 5.74) is 0. The van der Waals surface area contributed by atoms with Crippen molar-refractivity contribution < 1.29 is 32.9 Å². The van der Waals surface area contributed by atoms with Crippen molar-refractivity contribution in [3.8, 4) is 0 Å². The van der Waals surface area contributed by atoms with Gasteiger partial charge in [-0.25, -0.2) is 0 Å². The summed E-state index contributed by atoms with van der Waals surface area (Å²) in [6, 6.07) is -0.917. The van der Waals surface area contributed by atoms with Crippen molar-refractivity contribution >= 4 is 13.7 Å². The monoisotopic (exact) mass is 1270 g/mol. The maximum Gasteiger partial charge on any atom is 0.268 e. The molecule has 0 spiro atoms. The number of nitrogens with zero attached hydrogens (tertiary/aromatic N) is 1. The molecule has 3 atom stereocenters. The van der Waals surface area contributed by atoms with Crippen LogP contribution in [0.4, 0.5) is 0 Å². The first kappa shape index (κ1) is 86.4. The fourth-order valence-electron chi connectivity index (χ4n) is 10.3. The molecule has 0 aliphatic rings. The summed E-state index contributed by atoms with van der Waals surface area (Å²) >= 11 is 0. The molecule has 516 valence electrons. The number of amides is 1. The van der Waals surface area contributed by atoms with Gasteiger partial charge in [-0.15, -0.1) is 0 Å². The molecule has 0 fully saturated rings. The molecule has 1 amide bonds. The molecule has 0 aromatic carbocycles. The Morgan fingerprint density at radius 1 is 0.400 bits per heavy atom. The molecule has 0 saturated heterocycles. The summed E-state index contributed by atoms with van der Waals surface area (Å²) in [4.78, 5) is 25.7. The van der Waals surface area contributed by atoms with Crippen LogP contribution >= 0.6 is 7.82 Å². The van der Waals surface area contributed by atoms with Crippen molar-refractivity contribution in [1.82, 2.24) is 5.32 Å². The van der Waals surface area contributed by atoms with Crippen LogP contribution in [0.3, 0.4) is 0 Å². The second kappa shape index (κ2) is 69.7. The molecular formula is C81H141N2O6P. The van der Waals surface area contributed by atoms with Crippen LogP contribution in [-0.2, 0) is 18.4 Å². The summed E-state index contributed by atoms with van der Waals surface area (Å²) in [7, 11) is 1.23. The lowest BCUT2D eigenvalue weighted by atomic mass is 10.0. The van der Waals surface area contributed by atoms with Gasteiger partial charge in [-0.2, -0.15) is 0 Å². The second-order valence-electron chi connectivity index (χ2n) is 25.9. The molecule has 8 nitrogen and oxygen atoms in total. The molecule has 3 unspecified atom stereocenters. The van der Waals surface area contributed by atoms with E-state index in [1.807, 2.05) is 27.2 Å². The maximum atomic E-state index is 13.1. The zero-order valence-corrected chi connectivity index (χ0v) is 59.9. The van der Waals surface area contributed by atoms with Gasteiger partial charge in [0.15, 0.2) is 0 Å². The van der Waals surface area contributed by atoms with E-state index in [0.717, 1.165) is 116 Å². The number of allylic oxidation sites excluding steroid dienone is 23. The Morgan fingerprint density at radius 2 is 0.689 bits per heavy atom. The van der Waals surface area contributed by atoms with Gasteiger partial charge in [0.2, 0.25) is 5.91 Å². The van der Waals surface area contributed by atoms with E-state index in [-0.39, 0.29) is 12.5 Å². The number of quaternary nitrogens is 1. The third-order valence-electron chi connectivity index (χ3n) is 16.0. The van der Waals surface area contributed by atoms with Gasteiger partial charge in [0.1, 0.15) is 13.2 Å². The van der Waals surface area contributed by atoms with E-state index in [9.17, 15) is 19.4 Å². The van der Waals surface area contributed by atoms with Crippen LogP contribution in [0.25, 0.3) is 0 Å². The number of hydrogen-bond acceptors (Lipinski definition) is 6. The molecule has 0 heterocycles. The number of aliphatic hydroxyl groups is 1. The normalized spacial score (nSPS) is 14.4. The predicted molar refractivity (Wildman–Crippen MR) is 394 cm³/mol. The van der Waals surface area contributed by atoms with Crippen molar-refractivity contribution in [1.29, 1.82) is 0 Å². The van der Waals surface area contributed by atoms with Crippen LogP contribution in [0.2, 0.25) is 0 Å². The standard InChI is InChI=1S/C81H141N2O6P/c1-6-8-10-12-14-16-18-20-22-24-26-28-30-32-34-35-36-37-38-39-40-41-42-43-44-45-46-47-49-51-53-55-57-59-61-63-65-67-69-71-73-75-81(85)82-79(78-89-90(86,87)88-77-76-83(3,4)5)80(84)74-72-70-68-66-64-62-60-58-56-54-52-50-48-33-31-29-27-25-23-21-19-17-15-13-11-9-7-2/h8,10,14,16,20,22,26,28,32,34,36-37,39-40,42-43,45-46,49,51,64,66,72,74,79-80,84H,6-7,9,11-13,15,17-19,21,23-25,27,29-31,33,35,38,41,44,47-48,50,52-63,65,67-71,73,75-78H2,1-5H3,(H-,82,85,86,87)/b10-8-,16-14-,22-20-,28-26-,34-32-,37-36-,40-39-,43-42-,46-45-,51-49-,66-64+,74-72+. The molecule has 0 rings (SSSR count). The molecule has 0 bridgehead atoms. The Labute approximate surface area is 557 Å². The number of nitrogens with one attached hydrogen (secondary N) is 1. The molecule has 0 radical (unpaired) electrons. The molecule has 90 heavy (non-hydrogen) atoms.